The highest BCUT2D eigenvalue weighted by Gasteiger charge is 2.42. The van der Waals surface area contributed by atoms with Gasteiger partial charge in [-0.2, -0.15) is 0 Å². The highest BCUT2D eigenvalue weighted by molar-refractivity contribution is 7.09. The zero-order valence-corrected chi connectivity index (χ0v) is 14.2. The van der Waals surface area contributed by atoms with Crippen molar-refractivity contribution >= 4 is 11.3 Å². The topological polar surface area (TPSA) is 29.3 Å². The van der Waals surface area contributed by atoms with E-state index >= 15 is 0 Å². The normalized spacial score (nSPS) is 31.1. The van der Waals surface area contributed by atoms with Gasteiger partial charge in [-0.15, -0.1) is 11.3 Å². The van der Waals surface area contributed by atoms with Gasteiger partial charge in [-0.25, -0.2) is 0 Å². The first-order chi connectivity index (χ1) is 9.47. The van der Waals surface area contributed by atoms with Gasteiger partial charge in [-0.05, 0) is 56.4 Å². The number of hydrogen-bond donors (Lipinski definition) is 1. The van der Waals surface area contributed by atoms with Crippen molar-refractivity contribution in [2.45, 2.75) is 65.1 Å². The first kappa shape index (κ1) is 16.0. The predicted molar refractivity (Wildman–Crippen MR) is 89.0 cm³/mol. The summed E-state index contributed by atoms with van der Waals surface area (Å²) in [7, 11) is 0. The van der Waals surface area contributed by atoms with Crippen molar-refractivity contribution in [2.75, 3.05) is 6.54 Å². The molecule has 2 nitrogen and oxygen atoms in total. The number of thiophene rings is 1. The first-order valence-corrected chi connectivity index (χ1v) is 8.84. The molecule has 2 N–H and O–H groups in total. The Bertz CT molecular complexity index is 389. The van der Waals surface area contributed by atoms with E-state index in [0.717, 1.165) is 24.9 Å². The SMILES string of the molecule is CC1CC(C)CC(CN)(N(Cc2cccs2)C(C)C)C1. The second kappa shape index (κ2) is 6.59. The summed E-state index contributed by atoms with van der Waals surface area (Å²) >= 11 is 1.86. The Morgan fingerprint density at radius 3 is 2.45 bits per heavy atom. The van der Waals surface area contributed by atoms with E-state index in [1.54, 1.807) is 0 Å². The van der Waals surface area contributed by atoms with Crippen LogP contribution in [-0.2, 0) is 6.54 Å². The number of rotatable bonds is 5. The number of nitrogens with two attached hydrogens (primary N) is 1. The second-order valence-corrected chi connectivity index (χ2v) is 8.12. The standard InChI is InChI=1S/C17H30N2S/c1-13(2)19(11-16-6-5-7-20-16)17(12-18)9-14(3)8-15(4)10-17/h5-7,13-15H,8-12,18H2,1-4H3. The summed E-state index contributed by atoms with van der Waals surface area (Å²) in [6.45, 7) is 11.2. The Labute approximate surface area is 128 Å². The van der Waals surface area contributed by atoms with E-state index < -0.39 is 0 Å². The second-order valence-electron chi connectivity index (χ2n) is 7.08. The largest absolute Gasteiger partial charge is 0.329 e. The van der Waals surface area contributed by atoms with Crippen molar-refractivity contribution in [3.63, 3.8) is 0 Å². The predicted octanol–water partition coefficient (Wildman–Crippen LogP) is 4.11. The van der Waals surface area contributed by atoms with Crippen molar-refractivity contribution in [1.82, 2.24) is 4.90 Å². The van der Waals surface area contributed by atoms with Gasteiger partial charge in [0.15, 0.2) is 0 Å². The Kier molecular flexibility index (Phi) is 5.27. The van der Waals surface area contributed by atoms with Crippen LogP contribution in [0.3, 0.4) is 0 Å². The van der Waals surface area contributed by atoms with Gasteiger partial charge in [-0.3, -0.25) is 4.90 Å². The minimum atomic E-state index is 0.190. The summed E-state index contributed by atoms with van der Waals surface area (Å²) in [5, 5.41) is 2.18. The summed E-state index contributed by atoms with van der Waals surface area (Å²) in [5.41, 5.74) is 6.48. The van der Waals surface area contributed by atoms with Crippen LogP contribution in [0.2, 0.25) is 0 Å². The number of nitrogens with zero attached hydrogens (tertiary/aromatic N) is 1. The van der Waals surface area contributed by atoms with Crippen LogP contribution in [0.25, 0.3) is 0 Å². The lowest BCUT2D eigenvalue weighted by Gasteiger charge is -2.51. The van der Waals surface area contributed by atoms with Crippen LogP contribution in [0, 0.1) is 11.8 Å². The van der Waals surface area contributed by atoms with Gasteiger partial charge in [0, 0.05) is 29.5 Å². The van der Waals surface area contributed by atoms with E-state index in [1.807, 2.05) is 11.3 Å². The molecule has 2 unspecified atom stereocenters. The molecule has 0 spiro atoms. The van der Waals surface area contributed by atoms with Crippen LogP contribution in [0.4, 0.5) is 0 Å². The Morgan fingerprint density at radius 2 is 2.00 bits per heavy atom. The monoisotopic (exact) mass is 294 g/mol. The van der Waals surface area contributed by atoms with Gasteiger partial charge >= 0.3 is 0 Å². The summed E-state index contributed by atoms with van der Waals surface area (Å²) in [6, 6.07) is 4.94. The molecule has 0 saturated heterocycles. The molecule has 1 aromatic rings. The van der Waals surface area contributed by atoms with Crippen LogP contribution < -0.4 is 5.73 Å². The highest BCUT2D eigenvalue weighted by Crippen LogP contribution is 2.41. The molecule has 20 heavy (non-hydrogen) atoms. The van der Waals surface area contributed by atoms with E-state index in [4.69, 9.17) is 5.73 Å². The summed E-state index contributed by atoms with van der Waals surface area (Å²) in [6.07, 6.45) is 3.85. The van der Waals surface area contributed by atoms with Crippen LogP contribution in [-0.4, -0.2) is 23.0 Å². The van der Waals surface area contributed by atoms with E-state index in [9.17, 15) is 0 Å². The van der Waals surface area contributed by atoms with E-state index in [0.29, 0.717) is 6.04 Å². The maximum atomic E-state index is 6.29. The molecule has 0 bridgehead atoms. The fourth-order valence-corrected chi connectivity index (χ4v) is 4.92. The molecule has 1 aliphatic carbocycles. The average Bonchev–Trinajstić information content (AvgIpc) is 2.87. The van der Waals surface area contributed by atoms with Crippen LogP contribution in [0.1, 0.15) is 51.8 Å². The lowest BCUT2D eigenvalue weighted by atomic mass is 9.70. The third-order valence-corrected chi connectivity index (χ3v) is 5.64. The third kappa shape index (κ3) is 3.44. The molecule has 0 aromatic carbocycles. The summed E-state index contributed by atoms with van der Waals surface area (Å²) in [4.78, 5) is 4.13. The molecule has 3 heteroatoms. The fraction of sp³-hybridized carbons (Fsp3) is 0.765. The van der Waals surface area contributed by atoms with Gasteiger partial charge in [0.1, 0.15) is 0 Å². The van der Waals surface area contributed by atoms with E-state index in [-0.39, 0.29) is 5.54 Å². The smallest absolute Gasteiger partial charge is 0.0343 e. The van der Waals surface area contributed by atoms with Crippen LogP contribution in [0.15, 0.2) is 17.5 Å². The molecular weight excluding hydrogens is 264 g/mol. The minimum Gasteiger partial charge on any atom is -0.329 e. The summed E-state index contributed by atoms with van der Waals surface area (Å²) in [5.74, 6) is 1.57. The molecule has 114 valence electrons. The molecule has 1 aromatic heterocycles. The fourth-order valence-electron chi connectivity index (χ4n) is 4.22. The van der Waals surface area contributed by atoms with E-state index in [1.165, 1.54) is 24.1 Å². The molecule has 1 heterocycles. The molecule has 0 radical (unpaired) electrons. The van der Waals surface area contributed by atoms with Gasteiger partial charge in [0.05, 0.1) is 0 Å². The number of hydrogen-bond acceptors (Lipinski definition) is 3. The summed E-state index contributed by atoms with van der Waals surface area (Å²) < 4.78 is 0. The van der Waals surface area contributed by atoms with Crippen molar-refractivity contribution in [1.29, 1.82) is 0 Å². The Hall–Kier alpha value is -0.380. The lowest BCUT2D eigenvalue weighted by molar-refractivity contribution is -0.00780. The molecule has 2 rings (SSSR count). The molecule has 1 saturated carbocycles. The highest BCUT2D eigenvalue weighted by atomic mass is 32.1. The lowest BCUT2D eigenvalue weighted by Crippen LogP contribution is -2.59. The van der Waals surface area contributed by atoms with Crippen molar-refractivity contribution in [3.05, 3.63) is 22.4 Å². The Morgan fingerprint density at radius 1 is 1.35 bits per heavy atom. The zero-order chi connectivity index (χ0) is 14.8. The third-order valence-electron chi connectivity index (χ3n) is 4.78. The molecular formula is C17H30N2S. The zero-order valence-electron chi connectivity index (χ0n) is 13.4. The molecule has 2 atom stereocenters. The van der Waals surface area contributed by atoms with Gasteiger partial charge < -0.3 is 5.73 Å². The maximum absolute atomic E-state index is 6.29. The van der Waals surface area contributed by atoms with Crippen LogP contribution >= 0.6 is 11.3 Å². The molecule has 0 aliphatic heterocycles. The minimum absolute atomic E-state index is 0.190. The molecule has 0 amide bonds. The maximum Gasteiger partial charge on any atom is 0.0343 e. The average molecular weight is 295 g/mol. The van der Waals surface area contributed by atoms with Crippen LogP contribution in [0.5, 0.6) is 0 Å². The van der Waals surface area contributed by atoms with Crippen molar-refractivity contribution in [2.24, 2.45) is 17.6 Å². The molecule has 1 fully saturated rings. The quantitative estimate of drug-likeness (QED) is 0.885. The Balaban J connectivity index is 2.24. The molecule has 1 aliphatic rings. The van der Waals surface area contributed by atoms with Crippen molar-refractivity contribution < 1.29 is 0 Å². The first-order valence-electron chi connectivity index (χ1n) is 7.96. The van der Waals surface area contributed by atoms with E-state index in [2.05, 4.69) is 50.1 Å². The van der Waals surface area contributed by atoms with Gasteiger partial charge in [0.2, 0.25) is 0 Å². The van der Waals surface area contributed by atoms with Crippen molar-refractivity contribution in [3.8, 4) is 0 Å². The van der Waals surface area contributed by atoms with Gasteiger partial charge in [-0.1, -0.05) is 19.9 Å². The van der Waals surface area contributed by atoms with Gasteiger partial charge in [0.25, 0.3) is 0 Å².